The summed E-state index contributed by atoms with van der Waals surface area (Å²) < 4.78 is 71.2. The van der Waals surface area contributed by atoms with Gasteiger partial charge in [-0.3, -0.25) is 9.11 Å². The van der Waals surface area contributed by atoms with Crippen LogP contribution >= 0.6 is 102 Å². The molecule has 3 aliphatic rings. The fourth-order valence-corrected chi connectivity index (χ4v) is 14.2. The van der Waals surface area contributed by atoms with Gasteiger partial charge in [0.05, 0.1) is 22.5 Å². The van der Waals surface area contributed by atoms with Crippen LogP contribution in [0.3, 0.4) is 0 Å². The van der Waals surface area contributed by atoms with E-state index in [0.717, 1.165) is 65.4 Å². The van der Waals surface area contributed by atoms with Crippen molar-refractivity contribution in [2.24, 2.45) is 0 Å². The number of nitrogens with zero attached hydrogens (tertiary/aromatic N) is 2. The topological polar surface area (TPSA) is 115 Å². The van der Waals surface area contributed by atoms with Crippen molar-refractivity contribution in [2.45, 2.75) is 83.5 Å². The molecule has 2 aliphatic heterocycles. The maximum Gasteiger partial charge on any atom is 0.264 e. The fraction of sp³-hybridized carbons (Fsp3) is 0.447. The summed E-state index contributed by atoms with van der Waals surface area (Å²) in [6.07, 6.45) is 13.3. The second kappa shape index (κ2) is 17.4. The van der Waals surface area contributed by atoms with Crippen molar-refractivity contribution in [2.75, 3.05) is 29.5 Å². The lowest BCUT2D eigenvalue weighted by atomic mass is 9.81. The number of halogens is 5. The second-order valence-corrected chi connectivity index (χ2v) is 23.1. The Morgan fingerprint density at radius 2 is 1.40 bits per heavy atom. The third-order valence-corrected chi connectivity index (χ3v) is 15.2. The Labute approximate surface area is 374 Å². The van der Waals surface area contributed by atoms with Gasteiger partial charge in [0.2, 0.25) is 5.69 Å². The summed E-state index contributed by atoms with van der Waals surface area (Å²) in [6, 6.07) is 8.74. The van der Waals surface area contributed by atoms with Crippen molar-refractivity contribution in [3.8, 4) is 0 Å². The maximum atomic E-state index is 11.4. The van der Waals surface area contributed by atoms with Gasteiger partial charge < -0.3 is 4.90 Å². The predicted octanol–water partition coefficient (Wildman–Crippen LogP) is 10.7. The summed E-state index contributed by atoms with van der Waals surface area (Å²) in [5.74, 6) is -0.513. The lowest BCUT2D eigenvalue weighted by Crippen LogP contribution is -2.28. The van der Waals surface area contributed by atoms with E-state index < -0.39 is 20.2 Å². The molecule has 2 aromatic carbocycles. The molecule has 2 aromatic rings. The van der Waals surface area contributed by atoms with Crippen LogP contribution in [0.5, 0.6) is 0 Å². The lowest BCUT2D eigenvalue weighted by molar-refractivity contribution is -0.438. The summed E-state index contributed by atoms with van der Waals surface area (Å²) in [5.41, 5.74) is 8.51. The van der Waals surface area contributed by atoms with Gasteiger partial charge in [0.1, 0.15) is 6.54 Å². The molecule has 0 bridgehead atoms. The van der Waals surface area contributed by atoms with Gasteiger partial charge in [-0.15, -0.1) is 0 Å². The highest BCUT2D eigenvalue weighted by atomic mass is 127. The Hall–Kier alpha value is -0.100. The average molecular weight is 1230 g/mol. The molecular formula is C38H44ClI4N2O6S2+. The van der Waals surface area contributed by atoms with Gasteiger partial charge in [0.25, 0.3) is 20.2 Å². The molecule has 8 nitrogen and oxygen atoms in total. The highest BCUT2D eigenvalue weighted by Gasteiger charge is 2.46. The number of fused-ring (bicyclic) bond motifs is 2. The first-order chi connectivity index (χ1) is 24.6. The monoisotopic (exact) mass is 1230 g/mol. The third-order valence-electron chi connectivity index (χ3n) is 10.2. The minimum atomic E-state index is -4.02. The number of allylic oxidation sites excluding steroid dienone is 8. The van der Waals surface area contributed by atoms with Gasteiger partial charge in [-0.05, 0) is 178 Å². The summed E-state index contributed by atoms with van der Waals surface area (Å²) in [7, 11) is -8.04. The van der Waals surface area contributed by atoms with Crippen molar-refractivity contribution < 1.29 is 30.5 Å². The summed E-state index contributed by atoms with van der Waals surface area (Å²) in [5, 5.41) is 0.749. The van der Waals surface area contributed by atoms with Crippen molar-refractivity contribution in [3.05, 3.63) is 95.9 Å². The van der Waals surface area contributed by atoms with Gasteiger partial charge in [-0.2, -0.15) is 21.4 Å². The zero-order valence-corrected chi connectivity index (χ0v) is 41.0. The molecule has 1 aliphatic carbocycles. The first-order valence-corrected chi connectivity index (χ1v) is 25.3. The van der Waals surface area contributed by atoms with Gasteiger partial charge in [-0.25, -0.2) is 0 Å². The Morgan fingerprint density at radius 3 is 2.04 bits per heavy atom. The normalized spacial score (nSPS) is 20.0. The zero-order chi connectivity index (χ0) is 39.1. The molecule has 0 aromatic heterocycles. The van der Waals surface area contributed by atoms with Crippen LogP contribution in [0.1, 0.15) is 83.8 Å². The minimum absolute atomic E-state index is 0.256. The first-order valence-electron chi connectivity index (χ1n) is 17.4. The third kappa shape index (κ3) is 10.3. The molecule has 288 valence electrons. The molecule has 0 saturated carbocycles. The molecule has 0 saturated heterocycles. The van der Waals surface area contributed by atoms with Gasteiger partial charge in [-0.1, -0.05) is 37.6 Å². The van der Waals surface area contributed by atoms with Crippen molar-refractivity contribution >= 4 is 139 Å². The first kappa shape index (κ1) is 44.0. The molecule has 0 spiro atoms. The fourth-order valence-electron chi connectivity index (χ4n) is 7.73. The van der Waals surface area contributed by atoms with Crippen LogP contribution in [0, 0.1) is 14.3 Å². The van der Waals surface area contributed by atoms with Crippen LogP contribution < -0.4 is 4.90 Å². The molecule has 0 radical (unpaired) electrons. The number of rotatable bonds is 13. The van der Waals surface area contributed by atoms with E-state index in [1.807, 2.05) is 0 Å². The molecule has 53 heavy (non-hydrogen) atoms. The van der Waals surface area contributed by atoms with E-state index in [2.05, 4.69) is 176 Å². The molecule has 5 rings (SSSR count). The standard InChI is InChI=1S/C38H43ClI4N2O6S2/c1-37(2)32(44(16-5-7-18-52(46,47)48)30-22-26(40)20-28(42)34(30)37)14-12-24-10-9-11-25(36(24)39)13-15-33-38(3,4)35-29(43)21-27(41)23-31(35)45(33)17-6-8-19-53(49,50)51/h12-15,20-23H,5-11,16-19H2,1-4H3,(H-,46,47,48,49,50,51)/p+1. The van der Waals surface area contributed by atoms with Crippen LogP contribution in [0.2, 0.25) is 0 Å². The van der Waals surface area contributed by atoms with E-state index in [-0.39, 0.29) is 22.3 Å². The van der Waals surface area contributed by atoms with Gasteiger partial charge >= 0.3 is 0 Å². The van der Waals surface area contributed by atoms with Gasteiger partial charge in [0, 0.05) is 66.8 Å². The van der Waals surface area contributed by atoms with Gasteiger partial charge in [0.15, 0.2) is 5.71 Å². The number of hydrogen-bond acceptors (Lipinski definition) is 5. The predicted molar refractivity (Wildman–Crippen MR) is 250 cm³/mol. The van der Waals surface area contributed by atoms with E-state index in [1.54, 1.807) is 0 Å². The van der Waals surface area contributed by atoms with Crippen LogP contribution in [0.15, 0.2) is 70.4 Å². The van der Waals surface area contributed by atoms with Crippen LogP contribution in [0.25, 0.3) is 0 Å². The molecule has 0 fully saturated rings. The van der Waals surface area contributed by atoms with Crippen LogP contribution in [-0.4, -0.2) is 60.8 Å². The maximum absolute atomic E-state index is 11.4. The molecule has 0 amide bonds. The summed E-state index contributed by atoms with van der Waals surface area (Å²) in [4.78, 5) is 2.30. The molecule has 0 atom stereocenters. The molecule has 0 unspecified atom stereocenters. The zero-order valence-electron chi connectivity index (χ0n) is 30.0. The van der Waals surface area contributed by atoms with E-state index in [4.69, 9.17) is 11.6 Å². The van der Waals surface area contributed by atoms with Crippen LogP contribution in [-0.2, 0) is 31.1 Å². The lowest BCUT2D eigenvalue weighted by Gasteiger charge is -2.27. The number of benzene rings is 2. The van der Waals surface area contributed by atoms with Crippen molar-refractivity contribution in [3.63, 3.8) is 0 Å². The Kier molecular flexibility index (Phi) is 14.5. The average Bonchev–Trinajstić information content (AvgIpc) is 3.36. The van der Waals surface area contributed by atoms with E-state index >= 15 is 0 Å². The van der Waals surface area contributed by atoms with Crippen molar-refractivity contribution in [1.82, 2.24) is 0 Å². The van der Waals surface area contributed by atoms with Crippen molar-refractivity contribution in [1.29, 1.82) is 0 Å². The van der Waals surface area contributed by atoms with E-state index in [0.29, 0.717) is 38.8 Å². The van der Waals surface area contributed by atoms with Crippen LogP contribution in [0.4, 0.5) is 11.4 Å². The Bertz CT molecular complexity index is 2190. The number of anilines is 1. The molecule has 2 N–H and O–H groups in total. The Morgan fingerprint density at radius 1 is 0.792 bits per heavy atom. The highest BCUT2D eigenvalue weighted by Crippen LogP contribution is 2.51. The SMILES string of the molecule is CC1(C)C(/C=C/C2=C(Cl)C(=C/C=C3/N(CCCCS(=O)(=O)O)c4cc(I)cc(I)c4C3(C)C)/CCC2)=[N+](CCCCS(=O)(=O)O)c2cc(I)cc(I)c21. The number of unbranched alkanes of at least 4 members (excludes halogenated alkanes) is 2. The van der Waals surface area contributed by atoms with E-state index in [9.17, 15) is 25.9 Å². The summed E-state index contributed by atoms with van der Waals surface area (Å²) >= 11 is 16.7. The number of hydrogen-bond donors (Lipinski definition) is 2. The van der Waals surface area contributed by atoms with E-state index in [1.165, 1.54) is 18.3 Å². The Balaban J connectivity index is 1.50. The largest absolute Gasteiger partial charge is 0.344 e. The molecule has 2 heterocycles. The molecule has 15 heteroatoms. The minimum Gasteiger partial charge on any atom is -0.344 e. The quantitative estimate of drug-likeness (QED) is 0.0889. The molecular weight excluding hydrogens is 1190 g/mol. The highest BCUT2D eigenvalue weighted by molar-refractivity contribution is 14.1. The smallest absolute Gasteiger partial charge is 0.264 e. The summed E-state index contributed by atoms with van der Waals surface area (Å²) in [6.45, 7) is 10.2. The second-order valence-electron chi connectivity index (χ2n) is 14.8.